The molecule has 0 radical (unpaired) electrons. The van der Waals surface area contributed by atoms with Crippen molar-refractivity contribution in [3.8, 4) is 5.75 Å². The second-order valence-electron chi connectivity index (χ2n) is 5.48. The van der Waals surface area contributed by atoms with Gasteiger partial charge in [0.05, 0.1) is 7.11 Å². The highest BCUT2D eigenvalue weighted by Crippen LogP contribution is 2.31. The molecule has 2 rings (SSSR count). The van der Waals surface area contributed by atoms with Crippen LogP contribution in [0.15, 0.2) is 46.7 Å². The van der Waals surface area contributed by atoms with Gasteiger partial charge in [-0.25, -0.2) is 4.99 Å². The van der Waals surface area contributed by atoms with Crippen molar-refractivity contribution in [2.45, 2.75) is 40.3 Å². The Kier molecular flexibility index (Phi) is 5.26. The molecule has 1 heterocycles. The first-order chi connectivity index (χ1) is 10.6. The summed E-state index contributed by atoms with van der Waals surface area (Å²) in [5.74, 6) is 2.42. The van der Waals surface area contributed by atoms with Crippen LogP contribution in [0, 0.1) is 0 Å². The van der Waals surface area contributed by atoms with E-state index < -0.39 is 0 Å². The molecule has 0 spiro atoms. The molecule has 0 amide bonds. The van der Waals surface area contributed by atoms with Gasteiger partial charge in [-0.05, 0) is 55.2 Å². The van der Waals surface area contributed by atoms with Crippen molar-refractivity contribution in [1.29, 1.82) is 0 Å². The number of rotatable bonds is 5. The summed E-state index contributed by atoms with van der Waals surface area (Å²) in [6.45, 7) is 7.90. The zero-order chi connectivity index (χ0) is 16.1. The molecule has 4 nitrogen and oxygen atoms in total. The van der Waals surface area contributed by atoms with Crippen molar-refractivity contribution >= 4 is 5.84 Å². The van der Waals surface area contributed by atoms with E-state index in [2.05, 4.69) is 35.9 Å². The Bertz CT molecular complexity index is 629. The number of nitrogens with zero attached hydrogens (tertiary/aromatic N) is 2. The summed E-state index contributed by atoms with van der Waals surface area (Å²) >= 11 is 0. The number of nitrogens with two attached hydrogens (primary N) is 1. The Morgan fingerprint density at radius 3 is 2.73 bits per heavy atom. The van der Waals surface area contributed by atoms with Crippen LogP contribution in [0.1, 0.15) is 38.3 Å². The van der Waals surface area contributed by atoms with Crippen molar-refractivity contribution in [3.63, 3.8) is 0 Å². The zero-order valence-corrected chi connectivity index (χ0v) is 13.9. The van der Waals surface area contributed by atoms with Gasteiger partial charge in [-0.2, -0.15) is 0 Å². The lowest BCUT2D eigenvalue weighted by molar-refractivity contribution is 0.353. The average Bonchev–Trinajstić information content (AvgIpc) is 2.94. The van der Waals surface area contributed by atoms with Crippen molar-refractivity contribution in [2.75, 3.05) is 7.11 Å². The third-order valence-corrected chi connectivity index (χ3v) is 3.92. The summed E-state index contributed by atoms with van der Waals surface area (Å²) in [4.78, 5) is 6.90. The maximum atomic E-state index is 5.98. The van der Waals surface area contributed by atoms with Crippen LogP contribution in [0.2, 0.25) is 0 Å². The van der Waals surface area contributed by atoms with Crippen molar-refractivity contribution in [1.82, 2.24) is 4.90 Å². The normalized spacial score (nSPS) is 16.0. The molecule has 0 bridgehead atoms. The molecule has 1 aliphatic rings. The topological polar surface area (TPSA) is 50.8 Å². The molecule has 0 saturated heterocycles. The number of fused-ring (bicyclic) bond motifs is 1. The highest BCUT2D eigenvalue weighted by atomic mass is 16.5. The monoisotopic (exact) mass is 299 g/mol. The predicted molar refractivity (Wildman–Crippen MR) is 91.7 cm³/mol. The van der Waals surface area contributed by atoms with Gasteiger partial charge in [-0.15, -0.1) is 0 Å². The highest BCUT2D eigenvalue weighted by molar-refractivity contribution is 5.92. The number of amidine groups is 1. The molecule has 0 aromatic heterocycles. The van der Waals surface area contributed by atoms with Crippen LogP contribution in [0.4, 0.5) is 0 Å². The fourth-order valence-corrected chi connectivity index (χ4v) is 2.57. The molecule has 0 unspecified atom stereocenters. The second kappa shape index (κ2) is 7.16. The average molecular weight is 299 g/mol. The van der Waals surface area contributed by atoms with Crippen LogP contribution in [0.25, 0.3) is 0 Å². The second-order valence-corrected chi connectivity index (χ2v) is 5.48. The maximum absolute atomic E-state index is 5.98. The smallest absolute Gasteiger partial charge is 0.130 e. The van der Waals surface area contributed by atoms with E-state index in [0.717, 1.165) is 31.1 Å². The lowest BCUT2D eigenvalue weighted by atomic mass is 10.1. The number of hydrogen-bond donors (Lipinski definition) is 1. The fraction of sp³-hybridized carbons (Fsp3) is 0.389. The fourth-order valence-electron chi connectivity index (χ4n) is 2.57. The van der Waals surface area contributed by atoms with E-state index in [1.54, 1.807) is 7.11 Å². The Morgan fingerprint density at radius 1 is 1.36 bits per heavy atom. The molecule has 0 atom stereocenters. The van der Waals surface area contributed by atoms with Gasteiger partial charge in [0.25, 0.3) is 0 Å². The Labute approximate surface area is 133 Å². The van der Waals surface area contributed by atoms with Crippen LogP contribution in [-0.4, -0.2) is 17.8 Å². The first-order valence-corrected chi connectivity index (χ1v) is 7.66. The Morgan fingerprint density at radius 2 is 2.09 bits per heavy atom. The van der Waals surface area contributed by atoms with Crippen LogP contribution in [-0.2, 0) is 13.1 Å². The molecular weight excluding hydrogens is 274 g/mol. The van der Waals surface area contributed by atoms with E-state index in [-0.39, 0.29) is 0 Å². The van der Waals surface area contributed by atoms with Gasteiger partial charge in [0, 0.05) is 13.1 Å². The molecule has 22 heavy (non-hydrogen) atoms. The third-order valence-electron chi connectivity index (χ3n) is 3.92. The van der Waals surface area contributed by atoms with Gasteiger partial charge in [-0.3, -0.25) is 0 Å². The predicted octanol–water partition coefficient (Wildman–Crippen LogP) is 3.59. The van der Waals surface area contributed by atoms with Crippen molar-refractivity contribution in [2.24, 2.45) is 10.7 Å². The molecule has 0 aliphatic carbocycles. The Balaban J connectivity index is 2.31. The molecule has 118 valence electrons. The van der Waals surface area contributed by atoms with E-state index in [1.807, 2.05) is 25.1 Å². The molecule has 1 aliphatic heterocycles. The number of benzene rings is 1. The number of methoxy groups -OCH3 is 1. The van der Waals surface area contributed by atoms with Crippen LogP contribution < -0.4 is 10.5 Å². The van der Waals surface area contributed by atoms with E-state index >= 15 is 0 Å². The summed E-state index contributed by atoms with van der Waals surface area (Å²) in [6, 6.07) is 6.25. The zero-order valence-electron chi connectivity index (χ0n) is 13.9. The molecule has 4 heteroatoms. The first-order valence-electron chi connectivity index (χ1n) is 7.66. The molecule has 0 fully saturated rings. The summed E-state index contributed by atoms with van der Waals surface area (Å²) in [5.41, 5.74) is 9.83. The highest BCUT2D eigenvalue weighted by Gasteiger charge is 2.22. The quantitative estimate of drug-likeness (QED) is 0.668. The van der Waals surface area contributed by atoms with Gasteiger partial charge >= 0.3 is 0 Å². The SMILES string of the molecule is C\C=C/C(N)=N\C(=C(\C)CC)N1Cc2ccc(OC)cc2C1. The number of allylic oxidation sites excluding steroid dienone is 2. The Hall–Kier alpha value is -2.23. The maximum Gasteiger partial charge on any atom is 0.130 e. The van der Waals surface area contributed by atoms with Crippen LogP contribution >= 0.6 is 0 Å². The largest absolute Gasteiger partial charge is 0.497 e. The van der Waals surface area contributed by atoms with E-state index in [9.17, 15) is 0 Å². The van der Waals surface area contributed by atoms with Gasteiger partial charge in [0.15, 0.2) is 0 Å². The van der Waals surface area contributed by atoms with Crippen molar-refractivity contribution in [3.05, 3.63) is 52.9 Å². The summed E-state index contributed by atoms with van der Waals surface area (Å²) in [6.07, 6.45) is 4.69. The first kappa shape index (κ1) is 16.1. The standard InChI is InChI=1S/C18H25N3O/c1-5-7-17(19)20-18(13(3)6-2)21-11-14-8-9-16(22-4)10-15(14)12-21/h5,7-10H,6,11-12H2,1-4H3,(H2,19,20)/b7-5-,18-13+. The molecule has 1 aromatic rings. The summed E-state index contributed by atoms with van der Waals surface area (Å²) in [5, 5.41) is 0. The van der Waals surface area contributed by atoms with E-state index in [1.165, 1.54) is 16.7 Å². The third kappa shape index (κ3) is 3.50. The van der Waals surface area contributed by atoms with Crippen LogP contribution in [0.3, 0.4) is 0 Å². The molecule has 0 saturated carbocycles. The van der Waals surface area contributed by atoms with Gasteiger partial charge in [0.2, 0.25) is 0 Å². The number of ether oxygens (including phenoxy) is 1. The lowest BCUT2D eigenvalue weighted by Gasteiger charge is -2.20. The molecular formula is C18H25N3O. The van der Waals surface area contributed by atoms with Crippen molar-refractivity contribution < 1.29 is 4.74 Å². The molecule has 2 N–H and O–H groups in total. The van der Waals surface area contributed by atoms with Gasteiger partial charge < -0.3 is 15.4 Å². The summed E-state index contributed by atoms with van der Waals surface area (Å²) < 4.78 is 5.31. The van der Waals surface area contributed by atoms with Gasteiger partial charge in [-0.1, -0.05) is 19.1 Å². The summed E-state index contributed by atoms with van der Waals surface area (Å²) in [7, 11) is 1.70. The van der Waals surface area contributed by atoms with E-state index in [4.69, 9.17) is 10.5 Å². The minimum Gasteiger partial charge on any atom is -0.497 e. The minimum atomic E-state index is 0.541. The molecule has 1 aromatic carbocycles. The van der Waals surface area contributed by atoms with Crippen LogP contribution in [0.5, 0.6) is 5.75 Å². The lowest BCUT2D eigenvalue weighted by Crippen LogP contribution is -2.19. The van der Waals surface area contributed by atoms with Gasteiger partial charge in [0.1, 0.15) is 17.4 Å². The number of hydrogen-bond acceptors (Lipinski definition) is 3. The number of aliphatic imine (C=N–C) groups is 1. The minimum absolute atomic E-state index is 0.541. The van der Waals surface area contributed by atoms with E-state index in [0.29, 0.717) is 5.84 Å².